The molecule has 0 heterocycles. The maximum Gasteiger partial charge on any atom is 0.0362 e. The van der Waals surface area contributed by atoms with Crippen LogP contribution in [0.1, 0.15) is 27.2 Å². The standard InChI is InChI=1S/C12H20N2/c1-4-9(2)10(3)14-12-7-5-6-11(13)8-12/h5-10,14H,4,13H2,1-3H3. The Labute approximate surface area is 86.5 Å². The van der Waals surface area contributed by atoms with Gasteiger partial charge in [-0.3, -0.25) is 0 Å². The lowest BCUT2D eigenvalue weighted by Gasteiger charge is -2.21. The Morgan fingerprint density at radius 1 is 1.36 bits per heavy atom. The van der Waals surface area contributed by atoms with Crippen LogP contribution in [0.5, 0.6) is 0 Å². The van der Waals surface area contributed by atoms with Gasteiger partial charge in [-0.2, -0.15) is 0 Å². The van der Waals surface area contributed by atoms with Crippen LogP contribution in [-0.2, 0) is 0 Å². The molecule has 3 N–H and O–H groups in total. The van der Waals surface area contributed by atoms with Crippen LogP contribution >= 0.6 is 0 Å². The van der Waals surface area contributed by atoms with Crippen LogP contribution in [0.4, 0.5) is 11.4 Å². The van der Waals surface area contributed by atoms with E-state index in [0.29, 0.717) is 12.0 Å². The number of nitrogens with one attached hydrogen (secondary N) is 1. The van der Waals surface area contributed by atoms with Gasteiger partial charge in [-0.05, 0) is 31.0 Å². The van der Waals surface area contributed by atoms with Crippen LogP contribution in [0.15, 0.2) is 24.3 Å². The molecule has 14 heavy (non-hydrogen) atoms. The van der Waals surface area contributed by atoms with Crippen LogP contribution in [0.2, 0.25) is 0 Å². The van der Waals surface area contributed by atoms with E-state index in [1.807, 2.05) is 18.2 Å². The summed E-state index contributed by atoms with van der Waals surface area (Å²) in [6, 6.07) is 8.38. The van der Waals surface area contributed by atoms with Crippen LogP contribution in [0, 0.1) is 5.92 Å². The largest absolute Gasteiger partial charge is 0.399 e. The molecule has 0 spiro atoms. The number of rotatable bonds is 4. The van der Waals surface area contributed by atoms with Gasteiger partial charge in [0.15, 0.2) is 0 Å². The van der Waals surface area contributed by atoms with E-state index in [2.05, 4.69) is 32.2 Å². The summed E-state index contributed by atoms with van der Waals surface area (Å²) >= 11 is 0. The molecule has 2 nitrogen and oxygen atoms in total. The Bertz CT molecular complexity index is 283. The zero-order valence-electron chi connectivity index (χ0n) is 9.25. The summed E-state index contributed by atoms with van der Waals surface area (Å²) in [5, 5.41) is 3.45. The second-order valence-corrected chi connectivity index (χ2v) is 3.94. The molecule has 0 aromatic heterocycles. The lowest BCUT2D eigenvalue weighted by molar-refractivity contribution is 0.495. The molecule has 0 aliphatic heterocycles. The Hall–Kier alpha value is -1.18. The molecule has 0 aliphatic carbocycles. The fourth-order valence-electron chi connectivity index (χ4n) is 1.39. The Kier molecular flexibility index (Phi) is 3.81. The zero-order chi connectivity index (χ0) is 10.6. The normalized spacial score (nSPS) is 14.8. The first-order valence-corrected chi connectivity index (χ1v) is 5.25. The summed E-state index contributed by atoms with van der Waals surface area (Å²) in [7, 11) is 0. The van der Waals surface area contributed by atoms with Crippen molar-refractivity contribution in [3.63, 3.8) is 0 Å². The number of hydrogen-bond donors (Lipinski definition) is 2. The van der Waals surface area contributed by atoms with Crippen molar-refractivity contribution in [1.29, 1.82) is 0 Å². The van der Waals surface area contributed by atoms with Crippen molar-refractivity contribution in [3.8, 4) is 0 Å². The number of benzene rings is 1. The minimum Gasteiger partial charge on any atom is -0.399 e. The zero-order valence-corrected chi connectivity index (χ0v) is 9.25. The minimum atomic E-state index is 0.488. The molecule has 78 valence electrons. The van der Waals surface area contributed by atoms with Gasteiger partial charge in [-0.15, -0.1) is 0 Å². The van der Waals surface area contributed by atoms with Crippen molar-refractivity contribution in [3.05, 3.63) is 24.3 Å². The molecule has 0 bridgehead atoms. The minimum absolute atomic E-state index is 0.488. The molecule has 0 aliphatic rings. The molecule has 0 fully saturated rings. The molecule has 1 aromatic rings. The third-order valence-corrected chi connectivity index (χ3v) is 2.78. The second kappa shape index (κ2) is 4.89. The molecule has 0 radical (unpaired) electrons. The highest BCUT2D eigenvalue weighted by atomic mass is 14.9. The molecular weight excluding hydrogens is 172 g/mol. The van der Waals surface area contributed by atoms with Crippen molar-refractivity contribution in [2.75, 3.05) is 11.1 Å². The summed E-state index contributed by atoms with van der Waals surface area (Å²) in [6.45, 7) is 6.67. The van der Waals surface area contributed by atoms with E-state index in [9.17, 15) is 0 Å². The Balaban J connectivity index is 2.60. The number of nitrogens with two attached hydrogens (primary N) is 1. The predicted octanol–water partition coefficient (Wildman–Crippen LogP) is 3.12. The van der Waals surface area contributed by atoms with Crippen molar-refractivity contribution in [1.82, 2.24) is 0 Å². The van der Waals surface area contributed by atoms with Gasteiger partial charge in [0.1, 0.15) is 0 Å². The maximum absolute atomic E-state index is 5.70. The smallest absolute Gasteiger partial charge is 0.0362 e. The van der Waals surface area contributed by atoms with E-state index in [0.717, 1.165) is 11.4 Å². The predicted molar refractivity (Wildman–Crippen MR) is 63.4 cm³/mol. The molecule has 2 heteroatoms. The van der Waals surface area contributed by atoms with E-state index < -0.39 is 0 Å². The fourth-order valence-corrected chi connectivity index (χ4v) is 1.39. The summed E-state index contributed by atoms with van der Waals surface area (Å²) < 4.78 is 0. The number of anilines is 2. The van der Waals surface area contributed by atoms with Crippen molar-refractivity contribution >= 4 is 11.4 Å². The molecule has 1 aromatic carbocycles. The first-order chi connectivity index (χ1) is 6.63. The van der Waals surface area contributed by atoms with Gasteiger partial charge >= 0.3 is 0 Å². The molecular formula is C12H20N2. The second-order valence-electron chi connectivity index (χ2n) is 3.94. The summed E-state index contributed by atoms with van der Waals surface area (Å²) in [5.41, 5.74) is 7.62. The first kappa shape index (κ1) is 10.9. The first-order valence-electron chi connectivity index (χ1n) is 5.25. The number of hydrogen-bond acceptors (Lipinski definition) is 2. The summed E-state index contributed by atoms with van der Waals surface area (Å²) in [4.78, 5) is 0. The van der Waals surface area contributed by atoms with E-state index in [1.54, 1.807) is 0 Å². The lowest BCUT2D eigenvalue weighted by Crippen LogP contribution is -2.23. The van der Waals surface area contributed by atoms with Crippen LogP contribution in [0.25, 0.3) is 0 Å². The maximum atomic E-state index is 5.70. The van der Waals surface area contributed by atoms with Crippen molar-refractivity contribution < 1.29 is 0 Å². The van der Waals surface area contributed by atoms with Crippen LogP contribution in [0.3, 0.4) is 0 Å². The Morgan fingerprint density at radius 2 is 2.07 bits per heavy atom. The molecule has 0 amide bonds. The SMILES string of the molecule is CCC(C)C(C)Nc1cccc(N)c1. The average Bonchev–Trinajstić information content (AvgIpc) is 2.16. The summed E-state index contributed by atoms with van der Waals surface area (Å²) in [6.07, 6.45) is 1.19. The molecule has 2 atom stereocenters. The highest BCUT2D eigenvalue weighted by molar-refractivity contribution is 5.54. The quantitative estimate of drug-likeness (QED) is 0.719. The average molecular weight is 192 g/mol. The van der Waals surface area contributed by atoms with E-state index in [1.165, 1.54) is 6.42 Å². The van der Waals surface area contributed by atoms with Gasteiger partial charge in [0.25, 0.3) is 0 Å². The van der Waals surface area contributed by atoms with E-state index in [-0.39, 0.29) is 0 Å². The van der Waals surface area contributed by atoms with Gasteiger partial charge in [-0.1, -0.05) is 26.3 Å². The van der Waals surface area contributed by atoms with Crippen LogP contribution < -0.4 is 11.1 Å². The monoisotopic (exact) mass is 192 g/mol. The van der Waals surface area contributed by atoms with Crippen molar-refractivity contribution in [2.24, 2.45) is 5.92 Å². The number of nitrogen functional groups attached to an aromatic ring is 1. The molecule has 0 saturated heterocycles. The molecule has 0 saturated carbocycles. The molecule has 2 unspecified atom stereocenters. The third kappa shape index (κ3) is 2.95. The van der Waals surface area contributed by atoms with Gasteiger partial charge in [0.2, 0.25) is 0 Å². The van der Waals surface area contributed by atoms with Gasteiger partial charge in [0, 0.05) is 17.4 Å². The Morgan fingerprint density at radius 3 is 2.64 bits per heavy atom. The van der Waals surface area contributed by atoms with Gasteiger partial charge < -0.3 is 11.1 Å². The highest BCUT2D eigenvalue weighted by Crippen LogP contribution is 2.16. The van der Waals surface area contributed by atoms with Gasteiger partial charge in [0.05, 0.1) is 0 Å². The summed E-state index contributed by atoms with van der Waals surface area (Å²) in [5.74, 6) is 0.677. The topological polar surface area (TPSA) is 38.0 Å². The van der Waals surface area contributed by atoms with E-state index in [4.69, 9.17) is 5.73 Å². The third-order valence-electron chi connectivity index (χ3n) is 2.78. The fraction of sp³-hybridized carbons (Fsp3) is 0.500. The van der Waals surface area contributed by atoms with Gasteiger partial charge in [-0.25, -0.2) is 0 Å². The molecule has 1 rings (SSSR count). The van der Waals surface area contributed by atoms with Crippen molar-refractivity contribution in [2.45, 2.75) is 33.2 Å². The van der Waals surface area contributed by atoms with Crippen LogP contribution in [-0.4, -0.2) is 6.04 Å². The lowest BCUT2D eigenvalue weighted by atomic mass is 10.0. The van der Waals surface area contributed by atoms with E-state index >= 15 is 0 Å². The highest BCUT2D eigenvalue weighted by Gasteiger charge is 2.09.